The van der Waals surface area contributed by atoms with Crippen molar-refractivity contribution in [2.45, 2.75) is 19.3 Å². The van der Waals surface area contributed by atoms with Gasteiger partial charge in [0.2, 0.25) is 5.91 Å². The number of aryl methyl sites for hydroxylation is 1. The molecule has 0 atom stereocenters. The van der Waals surface area contributed by atoms with Crippen molar-refractivity contribution in [2.24, 2.45) is 7.05 Å². The molecule has 0 saturated carbocycles. The number of nitrogens with zero attached hydrogens (tertiary/aromatic N) is 6. The zero-order chi connectivity index (χ0) is 53.0. The lowest BCUT2D eigenvalue weighted by Crippen LogP contribution is -2.44. The summed E-state index contributed by atoms with van der Waals surface area (Å²) in [5.74, 6) is -5.14. The van der Waals surface area contributed by atoms with Gasteiger partial charge in [0.15, 0.2) is 0 Å². The zero-order valence-electron chi connectivity index (χ0n) is 41.1. The van der Waals surface area contributed by atoms with Gasteiger partial charge < -0.3 is 36.1 Å². The zero-order valence-corrected chi connectivity index (χ0v) is 42.8. The number of carbonyl (C=O) groups excluding carboxylic acids is 8. The number of amides is 8. The Balaban J connectivity index is 0.00000469. The fourth-order valence-corrected chi connectivity index (χ4v) is 8.89. The van der Waals surface area contributed by atoms with Gasteiger partial charge in [0, 0.05) is 116 Å². The molecule has 396 valence electrons. The fourth-order valence-electron chi connectivity index (χ4n) is 8.89. The van der Waals surface area contributed by atoms with Crippen molar-refractivity contribution < 1.29 is 48.2 Å². The topological polar surface area (TPSA) is 298 Å². The fraction of sp³-hybridized carbons (Fsp3) is 0.255. The molecule has 8 rings (SSSR count). The molecule has 1 aromatic heterocycles. The molecule has 0 aliphatic carbocycles. The predicted octanol–water partition coefficient (Wildman–Crippen LogP) is 5.24. The van der Waals surface area contributed by atoms with E-state index in [0.29, 0.717) is 28.7 Å². The number of carbonyl (C=O) groups is 8. The second-order valence-electron chi connectivity index (χ2n) is 17.8. The van der Waals surface area contributed by atoms with E-state index in [1.165, 1.54) is 54.6 Å². The molecule has 2 aliphatic heterocycles. The molecule has 0 bridgehead atoms. The first kappa shape index (κ1) is 56.7. The van der Waals surface area contributed by atoms with Gasteiger partial charge in [-0.2, -0.15) is 0 Å². The molecule has 3 heterocycles. The minimum absolute atomic E-state index is 0. The summed E-state index contributed by atoms with van der Waals surface area (Å²) in [7, 11) is 5.56. The van der Waals surface area contributed by atoms with Crippen molar-refractivity contribution in [1.29, 1.82) is 0 Å². The minimum Gasteiger partial charge on any atom is -0.352 e. The van der Waals surface area contributed by atoms with Gasteiger partial charge in [0.05, 0.1) is 32.3 Å². The molecule has 0 saturated heterocycles. The molecule has 23 nitrogen and oxygen atoms in total. The maximum Gasteiger partial charge on any atom is 0.270 e. The SMILES string of the molecule is CN(C)CCCNC(=O)c1cc(NC(=O)CCCNC(=O)c2cc(C(=O)NCCNCCN3C(=O)c4cccc5cc([N+](=O)[O-])cc(c45)C3=O)cc(N3C(=O)c4cccc5cc([N+](=O)[O-])cc(c45)C3=O)c2)cn1C.Cl.Cl. The monoisotopic (exact) mass is 1080 g/mol. The summed E-state index contributed by atoms with van der Waals surface area (Å²) in [5, 5.41) is 38.7. The van der Waals surface area contributed by atoms with Crippen LogP contribution in [-0.2, 0) is 11.8 Å². The third-order valence-corrected chi connectivity index (χ3v) is 12.4. The predicted molar refractivity (Wildman–Crippen MR) is 285 cm³/mol. The maximum absolute atomic E-state index is 14.2. The average Bonchev–Trinajstić information content (AvgIpc) is 3.81. The van der Waals surface area contributed by atoms with E-state index in [2.05, 4.69) is 26.6 Å². The highest BCUT2D eigenvalue weighted by Crippen LogP contribution is 2.37. The van der Waals surface area contributed by atoms with Crippen LogP contribution >= 0.6 is 24.8 Å². The number of non-ortho nitro benzene ring substituents is 2. The molecule has 6 aromatic rings. The van der Waals surface area contributed by atoms with Crippen molar-refractivity contribution in [1.82, 2.24) is 35.6 Å². The Bertz CT molecular complexity index is 3380. The van der Waals surface area contributed by atoms with Crippen molar-refractivity contribution in [3.8, 4) is 0 Å². The lowest BCUT2D eigenvalue weighted by atomic mass is 9.92. The second-order valence-corrected chi connectivity index (χ2v) is 17.8. The summed E-state index contributed by atoms with van der Waals surface area (Å²) >= 11 is 0. The summed E-state index contributed by atoms with van der Waals surface area (Å²) in [6.45, 7) is 1.31. The summed E-state index contributed by atoms with van der Waals surface area (Å²) in [5.41, 5.74) is -0.254. The number of nitro groups is 2. The lowest BCUT2D eigenvalue weighted by Gasteiger charge is -2.28. The van der Waals surface area contributed by atoms with Crippen LogP contribution < -0.4 is 31.5 Å². The van der Waals surface area contributed by atoms with Crippen LogP contribution in [0.4, 0.5) is 22.7 Å². The van der Waals surface area contributed by atoms with Gasteiger partial charge in [-0.05, 0) is 80.7 Å². The number of hydrogen-bond acceptors (Lipinski definition) is 14. The molecule has 25 heteroatoms. The molecule has 8 amide bonds. The highest BCUT2D eigenvalue weighted by Gasteiger charge is 2.37. The third kappa shape index (κ3) is 12.0. The number of nitrogens with one attached hydrogen (secondary N) is 5. The van der Waals surface area contributed by atoms with Crippen LogP contribution in [0.2, 0.25) is 0 Å². The molecule has 5 N–H and O–H groups in total. The van der Waals surface area contributed by atoms with E-state index < -0.39 is 51.0 Å². The molecular weight excluding hydrogens is 1030 g/mol. The number of halogens is 2. The van der Waals surface area contributed by atoms with Crippen LogP contribution in [0.25, 0.3) is 21.5 Å². The molecule has 0 fully saturated rings. The van der Waals surface area contributed by atoms with Crippen LogP contribution in [-0.4, -0.2) is 131 Å². The molecule has 5 aromatic carbocycles. The van der Waals surface area contributed by atoms with E-state index in [4.69, 9.17) is 0 Å². The van der Waals surface area contributed by atoms with Gasteiger partial charge in [-0.25, -0.2) is 4.90 Å². The van der Waals surface area contributed by atoms with Crippen molar-refractivity contribution in [3.63, 3.8) is 0 Å². The number of nitro benzene ring substituents is 2. The van der Waals surface area contributed by atoms with E-state index in [0.717, 1.165) is 34.9 Å². The van der Waals surface area contributed by atoms with E-state index in [-0.39, 0.29) is 138 Å². The van der Waals surface area contributed by atoms with Crippen molar-refractivity contribution in [2.75, 3.05) is 70.1 Å². The van der Waals surface area contributed by atoms with E-state index in [9.17, 15) is 58.6 Å². The quantitative estimate of drug-likeness (QED) is 0.0267. The maximum atomic E-state index is 14.2. The molecule has 0 spiro atoms. The first-order valence-electron chi connectivity index (χ1n) is 23.4. The molecule has 76 heavy (non-hydrogen) atoms. The van der Waals surface area contributed by atoms with Gasteiger partial charge in [-0.15, -0.1) is 24.8 Å². The van der Waals surface area contributed by atoms with Crippen molar-refractivity contribution >= 4 is 116 Å². The largest absolute Gasteiger partial charge is 0.352 e. The summed E-state index contributed by atoms with van der Waals surface area (Å²) in [6.07, 6.45) is 2.50. The van der Waals surface area contributed by atoms with Crippen LogP contribution in [0.3, 0.4) is 0 Å². The Morgan fingerprint density at radius 3 is 1.72 bits per heavy atom. The van der Waals surface area contributed by atoms with Gasteiger partial charge >= 0.3 is 0 Å². The Morgan fingerprint density at radius 1 is 0.605 bits per heavy atom. The van der Waals surface area contributed by atoms with Crippen LogP contribution in [0, 0.1) is 20.2 Å². The molecule has 0 radical (unpaired) electrons. The molecular formula is C51H51Cl2N11O12. The van der Waals surface area contributed by atoms with Gasteiger partial charge in [0.25, 0.3) is 52.7 Å². The lowest BCUT2D eigenvalue weighted by molar-refractivity contribution is -0.384. The van der Waals surface area contributed by atoms with Gasteiger partial charge in [-0.1, -0.05) is 24.3 Å². The Morgan fingerprint density at radius 2 is 1.13 bits per heavy atom. The summed E-state index contributed by atoms with van der Waals surface area (Å²) in [6, 6.07) is 19.2. The number of rotatable bonds is 21. The number of aromatic nitrogens is 1. The summed E-state index contributed by atoms with van der Waals surface area (Å²) in [4.78, 5) is 134. The summed E-state index contributed by atoms with van der Waals surface area (Å²) < 4.78 is 1.59. The van der Waals surface area contributed by atoms with Gasteiger partial charge in [-0.3, -0.25) is 63.5 Å². The second kappa shape index (κ2) is 24.1. The third-order valence-electron chi connectivity index (χ3n) is 12.4. The Hall–Kier alpha value is -8.64. The number of imide groups is 2. The average molecular weight is 1080 g/mol. The molecule has 2 aliphatic rings. The first-order valence-corrected chi connectivity index (χ1v) is 23.4. The Labute approximate surface area is 445 Å². The normalized spacial score (nSPS) is 12.6. The van der Waals surface area contributed by atoms with Crippen molar-refractivity contribution in [3.05, 3.63) is 150 Å². The Kier molecular flexibility index (Phi) is 18.0. The highest BCUT2D eigenvalue weighted by molar-refractivity contribution is 6.36. The van der Waals surface area contributed by atoms with E-state index in [1.807, 2.05) is 19.0 Å². The highest BCUT2D eigenvalue weighted by atomic mass is 35.5. The van der Waals surface area contributed by atoms with E-state index in [1.54, 1.807) is 36.0 Å². The first-order chi connectivity index (χ1) is 35.4. The smallest absolute Gasteiger partial charge is 0.270 e. The van der Waals surface area contributed by atoms with E-state index >= 15 is 0 Å². The number of benzene rings is 5. The number of anilines is 2. The van der Waals surface area contributed by atoms with Crippen LogP contribution in [0.15, 0.2) is 91.1 Å². The van der Waals surface area contributed by atoms with Crippen LogP contribution in [0.1, 0.15) is 91.9 Å². The minimum atomic E-state index is -0.934. The standard InChI is InChI=1S/C51H49N11O12.2ClH/c1-57(2)18-7-14-54-47(66)41-25-33(28-58(41)3)56-42(63)12-6-13-53-45(64)31-20-32(24-34(23-31)60-50(69)38-11-5-9-30-22-36(62(73)74)27-40(44(30)38)51(60)70)46(65)55-16-15-52-17-19-59-48(67)37-10-4-8-29-21-35(61(71)72)26-39(43(29)37)49(59)68;;/h4-5,8-11,20-28,52H,6-7,12-19H2,1-3H3,(H,53,64)(H,54,66)(H,55,65)(H,56,63);2*1H. The van der Waals surface area contributed by atoms with Crippen LogP contribution in [0.5, 0.6) is 0 Å². The molecule has 0 unspecified atom stereocenters. The van der Waals surface area contributed by atoms with Gasteiger partial charge in [0.1, 0.15) is 5.69 Å². The number of hydrogen-bond donors (Lipinski definition) is 5.